The Kier molecular flexibility index (Phi) is 5.81. The summed E-state index contributed by atoms with van der Waals surface area (Å²) in [6.07, 6.45) is 5.47. The van der Waals surface area contributed by atoms with Crippen LogP contribution in [0.5, 0.6) is 0 Å². The molecule has 94 valence electrons. The second-order valence-electron chi connectivity index (χ2n) is 5.29. The Labute approximate surface area is 99.4 Å². The molecule has 2 N–H and O–H groups in total. The van der Waals surface area contributed by atoms with E-state index in [4.69, 9.17) is 0 Å². The molecule has 0 aromatic carbocycles. The molecule has 0 aliphatic carbocycles. The van der Waals surface area contributed by atoms with E-state index in [1.165, 1.54) is 19.3 Å². The Hall–Kier alpha value is -0.570. The molecule has 1 fully saturated rings. The normalized spacial score (nSPS) is 23.1. The van der Waals surface area contributed by atoms with E-state index in [9.17, 15) is 4.79 Å². The van der Waals surface area contributed by atoms with Gasteiger partial charge in [-0.25, -0.2) is 0 Å². The molecule has 1 rings (SSSR count). The second-order valence-corrected chi connectivity index (χ2v) is 5.29. The highest BCUT2D eigenvalue weighted by atomic mass is 16.1. The lowest BCUT2D eigenvalue weighted by molar-refractivity contribution is -0.122. The summed E-state index contributed by atoms with van der Waals surface area (Å²) in [7, 11) is 0. The molecule has 2 atom stereocenters. The minimum atomic E-state index is 0.202. The van der Waals surface area contributed by atoms with Crippen molar-refractivity contribution in [2.75, 3.05) is 6.54 Å². The first-order valence-corrected chi connectivity index (χ1v) is 6.62. The van der Waals surface area contributed by atoms with Crippen LogP contribution in [0.3, 0.4) is 0 Å². The van der Waals surface area contributed by atoms with E-state index < -0.39 is 0 Å². The van der Waals surface area contributed by atoms with Crippen LogP contribution in [0.15, 0.2) is 0 Å². The van der Waals surface area contributed by atoms with Gasteiger partial charge >= 0.3 is 0 Å². The molecule has 2 unspecified atom stereocenters. The smallest absolute Gasteiger partial charge is 0.220 e. The highest BCUT2D eigenvalue weighted by Gasteiger charge is 2.15. The number of carbonyl (C=O) groups is 1. The molecule has 1 aliphatic rings. The zero-order valence-corrected chi connectivity index (χ0v) is 10.9. The van der Waals surface area contributed by atoms with Crippen LogP contribution in [0.1, 0.15) is 52.9 Å². The van der Waals surface area contributed by atoms with Crippen molar-refractivity contribution in [3.05, 3.63) is 0 Å². The third-order valence-corrected chi connectivity index (χ3v) is 3.52. The zero-order valence-electron chi connectivity index (χ0n) is 10.9. The van der Waals surface area contributed by atoms with Crippen molar-refractivity contribution in [2.24, 2.45) is 5.92 Å². The van der Waals surface area contributed by atoms with Gasteiger partial charge in [-0.15, -0.1) is 0 Å². The third kappa shape index (κ3) is 4.97. The van der Waals surface area contributed by atoms with Gasteiger partial charge in [-0.3, -0.25) is 4.79 Å². The summed E-state index contributed by atoms with van der Waals surface area (Å²) in [5, 5.41) is 6.52. The lowest BCUT2D eigenvalue weighted by Gasteiger charge is -2.23. The monoisotopic (exact) mass is 226 g/mol. The average Bonchev–Trinajstić information content (AvgIpc) is 2.27. The lowest BCUT2D eigenvalue weighted by Crippen LogP contribution is -2.38. The van der Waals surface area contributed by atoms with Crippen molar-refractivity contribution in [1.29, 1.82) is 0 Å². The van der Waals surface area contributed by atoms with Gasteiger partial charge in [-0.1, -0.05) is 20.3 Å². The molecule has 1 saturated heterocycles. The Morgan fingerprint density at radius 1 is 1.38 bits per heavy atom. The lowest BCUT2D eigenvalue weighted by atomic mass is 10.00. The first-order valence-electron chi connectivity index (χ1n) is 6.62. The van der Waals surface area contributed by atoms with Crippen LogP contribution in [0, 0.1) is 5.92 Å². The van der Waals surface area contributed by atoms with Crippen LogP contribution in [0.4, 0.5) is 0 Å². The van der Waals surface area contributed by atoms with Gasteiger partial charge in [0.25, 0.3) is 0 Å². The number of rotatable bonds is 5. The summed E-state index contributed by atoms with van der Waals surface area (Å²) >= 11 is 0. The number of carbonyl (C=O) groups excluding carboxylic acids is 1. The highest BCUT2D eigenvalue weighted by Crippen LogP contribution is 2.11. The molecule has 0 aromatic rings. The maximum atomic E-state index is 11.7. The van der Waals surface area contributed by atoms with Gasteiger partial charge in [-0.05, 0) is 38.6 Å². The topological polar surface area (TPSA) is 41.1 Å². The third-order valence-electron chi connectivity index (χ3n) is 3.52. The Balaban J connectivity index is 2.14. The van der Waals surface area contributed by atoms with E-state index in [0.29, 0.717) is 18.4 Å². The van der Waals surface area contributed by atoms with Gasteiger partial charge in [0.1, 0.15) is 0 Å². The molecule has 3 nitrogen and oxygen atoms in total. The minimum absolute atomic E-state index is 0.202. The van der Waals surface area contributed by atoms with E-state index >= 15 is 0 Å². The molecule has 16 heavy (non-hydrogen) atoms. The largest absolute Gasteiger partial charge is 0.353 e. The van der Waals surface area contributed by atoms with Crippen molar-refractivity contribution in [3.63, 3.8) is 0 Å². The molecule has 0 spiro atoms. The summed E-state index contributed by atoms with van der Waals surface area (Å²) in [6, 6.07) is 0.848. The number of hydrogen-bond acceptors (Lipinski definition) is 2. The molecule has 3 heteroatoms. The molecular weight excluding hydrogens is 200 g/mol. The van der Waals surface area contributed by atoms with E-state index in [1.54, 1.807) is 0 Å². The summed E-state index contributed by atoms with van der Waals surface area (Å²) in [4.78, 5) is 11.7. The molecule has 1 amide bonds. The molecule has 0 saturated carbocycles. The quantitative estimate of drug-likeness (QED) is 0.753. The highest BCUT2D eigenvalue weighted by molar-refractivity contribution is 5.76. The first kappa shape index (κ1) is 13.5. The van der Waals surface area contributed by atoms with Crippen molar-refractivity contribution >= 4 is 5.91 Å². The van der Waals surface area contributed by atoms with Gasteiger partial charge in [-0.2, -0.15) is 0 Å². The van der Waals surface area contributed by atoms with Crippen LogP contribution in [-0.2, 0) is 4.79 Å². The fourth-order valence-corrected chi connectivity index (χ4v) is 1.97. The van der Waals surface area contributed by atoms with Gasteiger partial charge in [0.15, 0.2) is 0 Å². The summed E-state index contributed by atoms with van der Waals surface area (Å²) in [5.74, 6) is 0.713. The first-order chi connectivity index (χ1) is 7.59. The SMILES string of the molecule is CC(C)C(C)NC(=O)CCC1CCCCN1. The van der Waals surface area contributed by atoms with Crippen molar-refractivity contribution in [3.8, 4) is 0 Å². The Morgan fingerprint density at radius 3 is 2.69 bits per heavy atom. The van der Waals surface area contributed by atoms with Crippen LogP contribution < -0.4 is 10.6 Å². The van der Waals surface area contributed by atoms with E-state index in [1.807, 2.05) is 0 Å². The fourth-order valence-electron chi connectivity index (χ4n) is 1.97. The second kappa shape index (κ2) is 6.89. The predicted molar refractivity (Wildman–Crippen MR) is 67.3 cm³/mol. The van der Waals surface area contributed by atoms with E-state index in [0.717, 1.165) is 13.0 Å². The summed E-state index contributed by atoms with van der Waals surface area (Å²) in [6.45, 7) is 7.46. The number of piperidine rings is 1. The van der Waals surface area contributed by atoms with Crippen molar-refractivity contribution in [2.45, 2.75) is 65.0 Å². The van der Waals surface area contributed by atoms with Gasteiger partial charge in [0, 0.05) is 18.5 Å². The van der Waals surface area contributed by atoms with Crippen LogP contribution in [0.25, 0.3) is 0 Å². The molecule has 1 aliphatic heterocycles. The molecule has 0 radical (unpaired) electrons. The van der Waals surface area contributed by atoms with Crippen molar-refractivity contribution < 1.29 is 4.79 Å². The zero-order chi connectivity index (χ0) is 12.0. The van der Waals surface area contributed by atoms with Gasteiger partial charge in [0.2, 0.25) is 5.91 Å². The number of amides is 1. The fraction of sp³-hybridized carbons (Fsp3) is 0.923. The van der Waals surface area contributed by atoms with Crippen LogP contribution in [0.2, 0.25) is 0 Å². The van der Waals surface area contributed by atoms with E-state index in [-0.39, 0.29) is 11.9 Å². The number of hydrogen-bond donors (Lipinski definition) is 2. The maximum absolute atomic E-state index is 11.7. The minimum Gasteiger partial charge on any atom is -0.353 e. The average molecular weight is 226 g/mol. The van der Waals surface area contributed by atoms with Crippen molar-refractivity contribution in [1.82, 2.24) is 10.6 Å². The summed E-state index contributed by atoms with van der Waals surface area (Å²) in [5.41, 5.74) is 0. The van der Waals surface area contributed by atoms with Gasteiger partial charge in [0.05, 0.1) is 0 Å². The standard InChI is InChI=1S/C13H26N2O/c1-10(2)11(3)15-13(16)8-7-12-6-4-5-9-14-12/h10-12,14H,4-9H2,1-3H3,(H,15,16). The van der Waals surface area contributed by atoms with Crippen LogP contribution in [-0.4, -0.2) is 24.5 Å². The Bertz CT molecular complexity index is 210. The maximum Gasteiger partial charge on any atom is 0.220 e. The molecular formula is C13H26N2O. The van der Waals surface area contributed by atoms with Crippen LogP contribution >= 0.6 is 0 Å². The molecule has 0 bridgehead atoms. The number of nitrogens with one attached hydrogen (secondary N) is 2. The Morgan fingerprint density at radius 2 is 2.12 bits per heavy atom. The predicted octanol–water partition coefficient (Wildman–Crippen LogP) is 2.07. The van der Waals surface area contributed by atoms with Gasteiger partial charge < -0.3 is 10.6 Å². The summed E-state index contributed by atoms with van der Waals surface area (Å²) < 4.78 is 0. The molecule has 0 aromatic heterocycles. The molecule has 1 heterocycles. The van der Waals surface area contributed by atoms with E-state index in [2.05, 4.69) is 31.4 Å².